The molecule has 2 N–H and O–H groups in total. The first-order valence-corrected chi connectivity index (χ1v) is 8.40. The van der Waals surface area contributed by atoms with Crippen LogP contribution in [0.25, 0.3) is 0 Å². The summed E-state index contributed by atoms with van der Waals surface area (Å²) >= 11 is 0. The second-order valence-corrected chi connectivity index (χ2v) is 6.10. The van der Waals surface area contributed by atoms with Gasteiger partial charge in [-0.05, 0) is 43.5 Å². The molecule has 1 fully saturated rings. The highest BCUT2D eigenvalue weighted by Crippen LogP contribution is 2.25. The van der Waals surface area contributed by atoms with Crippen LogP contribution in [-0.4, -0.2) is 35.1 Å². The van der Waals surface area contributed by atoms with E-state index in [4.69, 9.17) is 0 Å². The summed E-state index contributed by atoms with van der Waals surface area (Å²) in [6, 6.07) is 8.37. The molecule has 1 saturated carbocycles. The van der Waals surface area contributed by atoms with Crippen molar-refractivity contribution in [1.29, 1.82) is 0 Å². The molecular formula is C18H28N2O2. The van der Waals surface area contributed by atoms with Crippen molar-refractivity contribution in [1.82, 2.24) is 10.2 Å². The minimum Gasteiger partial charge on any atom is -0.392 e. The number of carbonyl (C=O) groups excluding carboxylic acids is 1. The summed E-state index contributed by atoms with van der Waals surface area (Å²) in [6.07, 6.45) is 2.03. The van der Waals surface area contributed by atoms with Crippen molar-refractivity contribution in [2.45, 2.75) is 52.3 Å². The fourth-order valence-corrected chi connectivity index (χ4v) is 3.11. The summed E-state index contributed by atoms with van der Waals surface area (Å²) in [5, 5.41) is 12.8. The van der Waals surface area contributed by atoms with Crippen molar-refractivity contribution in [3.63, 3.8) is 0 Å². The van der Waals surface area contributed by atoms with Crippen LogP contribution in [0, 0.1) is 5.92 Å². The molecule has 1 amide bonds. The molecule has 0 aromatic heterocycles. The van der Waals surface area contributed by atoms with E-state index in [-0.39, 0.29) is 11.8 Å². The Balaban J connectivity index is 1.88. The standard InChI is InChI=1S/C18H28N2O2/c1-3-20(4-2)13-15-8-5-7-14(11-15)12-19-18(22)16-9-6-10-17(16)21/h5,7-8,11,16-17,21H,3-4,6,9-10,12-13H2,1-2H3,(H,19,22). The van der Waals surface area contributed by atoms with Crippen molar-refractivity contribution < 1.29 is 9.90 Å². The molecule has 0 radical (unpaired) electrons. The van der Waals surface area contributed by atoms with E-state index in [2.05, 4.69) is 36.2 Å². The summed E-state index contributed by atoms with van der Waals surface area (Å²) in [5.41, 5.74) is 2.39. The monoisotopic (exact) mass is 304 g/mol. The second kappa shape index (κ2) is 8.30. The number of benzene rings is 1. The molecule has 0 saturated heterocycles. The van der Waals surface area contributed by atoms with Crippen molar-refractivity contribution in [2.24, 2.45) is 5.92 Å². The Morgan fingerprint density at radius 1 is 1.27 bits per heavy atom. The first-order valence-electron chi connectivity index (χ1n) is 8.40. The van der Waals surface area contributed by atoms with Crippen LogP contribution in [-0.2, 0) is 17.9 Å². The minimum absolute atomic E-state index is 0.0147. The van der Waals surface area contributed by atoms with Gasteiger partial charge < -0.3 is 10.4 Å². The van der Waals surface area contributed by atoms with Crippen LogP contribution in [0.15, 0.2) is 24.3 Å². The van der Waals surface area contributed by atoms with Gasteiger partial charge in [0.2, 0.25) is 5.91 Å². The Kier molecular flexibility index (Phi) is 6.40. The van der Waals surface area contributed by atoms with E-state index in [0.29, 0.717) is 6.54 Å². The van der Waals surface area contributed by atoms with E-state index in [1.807, 2.05) is 12.1 Å². The van der Waals surface area contributed by atoms with Crippen molar-refractivity contribution in [3.8, 4) is 0 Å². The van der Waals surface area contributed by atoms with Gasteiger partial charge in [0.1, 0.15) is 0 Å². The van der Waals surface area contributed by atoms with Gasteiger partial charge in [0, 0.05) is 13.1 Å². The molecular weight excluding hydrogens is 276 g/mol. The summed E-state index contributed by atoms with van der Waals surface area (Å²) in [5.74, 6) is -0.238. The molecule has 122 valence electrons. The van der Waals surface area contributed by atoms with Gasteiger partial charge in [0.05, 0.1) is 12.0 Å². The lowest BCUT2D eigenvalue weighted by molar-refractivity contribution is -0.127. The molecule has 4 heteroatoms. The Labute approximate surface area is 133 Å². The van der Waals surface area contributed by atoms with E-state index >= 15 is 0 Å². The van der Waals surface area contributed by atoms with E-state index in [1.54, 1.807) is 0 Å². The molecule has 1 aliphatic carbocycles. The molecule has 2 unspecified atom stereocenters. The normalized spacial score (nSPS) is 21.3. The van der Waals surface area contributed by atoms with Crippen molar-refractivity contribution in [3.05, 3.63) is 35.4 Å². The molecule has 0 heterocycles. The first kappa shape index (κ1) is 17.0. The highest BCUT2D eigenvalue weighted by molar-refractivity contribution is 5.79. The molecule has 1 aromatic rings. The van der Waals surface area contributed by atoms with E-state index in [9.17, 15) is 9.90 Å². The van der Waals surface area contributed by atoms with Crippen LogP contribution in [0.1, 0.15) is 44.2 Å². The fourth-order valence-electron chi connectivity index (χ4n) is 3.11. The van der Waals surface area contributed by atoms with Gasteiger partial charge in [-0.1, -0.05) is 38.1 Å². The Hall–Kier alpha value is -1.39. The van der Waals surface area contributed by atoms with Crippen LogP contribution in [0.3, 0.4) is 0 Å². The Morgan fingerprint density at radius 3 is 2.64 bits per heavy atom. The number of aliphatic hydroxyl groups excluding tert-OH is 1. The number of hydrogen-bond donors (Lipinski definition) is 2. The third kappa shape index (κ3) is 4.55. The van der Waals surface area contributed by atoms with Gasteiger partial charge in [-0.2, -0.15) is 0 Å². The number of carbonyl (C=O) groups is 1. The second-order valence-electron chi connectivity index (χ2n) is 6.10. The number of amides is 1. The van der Waals surface area contributed by atoms with Gasteiger partial charge in [-0.25, -0.2) is 0 Å². The largest absolute Gasteiger partial charge is 0.392 e. The quantitative estimate of drug-likeness (QED) is 0.813. The maximum atomic E-state index is 12.1. The highest BCUT2D eigenvalue weighted by Gasteiger charge is 2.31. The third-order valence-electron chi connectivity index (χ3n) is 4.57. The van der Waals surface area contributed by atoms with Crippen LogP contribution in [0.4, 0.5) is 0 Å². The fraction of sp³-hybridized carbons (Fsp3) is 0.611. The number of rotatable bonds is 7. The zero-order chi connectivity index (χ0) is 15.9. The highest BCUT2D eigenvalue weighted by atomic mass is 16.3. The Morgan fingerprint density at radius 2 is 2.00 bits per heavy atom. The average Bonchev–Trinajstić information content (AvgIpc) is 2.97. The molecule has 22 heavy (non-hydrogen) atoms. The average molecular weight is 304 g/mol. The number of aliphatic hydroxyl groups is 1. The summed E-state index contributed by atoms with van der Waals surface area (Å²) in [7, 11) is 0. The minimum atomic E-state index is -0.464. The molecule has 1 aromatic carbocycles. The third-order valence-corrected chi connectivity index (χ3v) is 4.57. The number of nitrogens with zero attached hydrogens (tertiary/aromatic N) is 1. The zero-order valence-corrected chi connectivity index (χ0v) is 13.7. The predicted octanol–water partition coefficient (Wildman–Crippen LogP) is 2.31. The van der Waals surface area contributed by atoms with Gasteiger partial charge in [-0.15, -0.1) is 0 Å². The lowest BCUT2D eigenvalue weighted by atomic mass is 10.0. The molecule has 4 nitrogen and oxygen atoms in total. The van der Waals surface area contributed by atoms with E-state index in [1.165, 1.54) is 5.56 Å². The van der Waals surface area contributed by atoms with Gasteiger partial charge in [-0.3, -0.25) is 9.69 Å². The molecule has 2 rings (SSSR count). The molecule has 1 aliphatic rings. The van der Waals surface area contributed by atoms with E-state index in [0.717, 1.165) is 44.5 Å². The lowest BCUT2D eigenvalue weighted by Gasteiger charge is -2.18. The van der Waals surface area contributed by atoms with Crippen LogP contribution >= 0.6 is 0 Å². The summed E-state index contributed by atoms with van der Waals surface area (Å²) in [6.45, 7) is 7.89. The van der Waals surface area contributed by atoms with Crippen molar-refractivity contribution >= 4 is 5.91 Å². The van der Waals surface area contributed by atoms with Gasteiger partial charge >= 0.3 is 0 Å². The lowest BCUT2D eigenvalue weighted by Crippen LogP contribution is -2.34. The first-order chi connectivity index (χ1) is 10.6. The summed E-state index contributed by atoms with van der Waals surface area (Å²) < 4.78 is 0. The summed E-state index contributed by atoms with van der Waals surface area (Å²) in [4.78, 5) is 14.5. The van der Waals surface area contributed by atoms with Gasteiger partial charge in [0.15, 0.2) is 0 Å². The Bertz CT molecular complexity index is 486. The predicted molar refractivity (Wildman–Crippen MR) is 88.3 cm³/mol. The smallest absolute Gasteiger partial charge is 0.225 e. The van der Waals surface area contributed by atoms with Crippen LogP contribution in [0.2, 0.25) is 0 Å². The van der Waals surface area contributed by atoms with Crippen LogP contribution in [0.5, 0.6) is 0 Å². The molecule has 2 atom stereocenters. The molecule has 0 aliphatic heterocycles. The molecule has 0 spiro atoms. The van der Waals surface area contributed by atoms with Crippen molar-refractivity contribution in [2.75, 3.05) is 13.1 Å². The maximum Gasteiger partial charge on any atom is 0.225 e. The zero-order valence-electron chi connectivity index (χ0n) is 13.7. The van der Waals surface area contributed by atoms with Crippen LogP contribution < -0.4 is 5.32 Å². The maximum absolute atomic E-state index is 12.1. The number of nitrogens with one attached hydrogen (secondary N) is 1. The SMILES string of the molecule is CCN(CC)Cc1cccc(CNC(=O)C2CCCC2O)c1. The van der Waals surface area contributed by atoms with E-state index < -0.39 is 6.10 Å². The number of hydrogen-bond acceptors (Lipinski definition) is 3. The van der Waals surface area contributed by atoms with Gasteiger partial charge in [0.25, 0.3) is 0 Å². The molecule has 0 bridgehead atoms. The topological polar surface area (TPSA) is 52.6 Å².